The van der Waals surface area contributed by atoms with Crippen LogP contribution in [0.4, 0.5) is 0 Å². The van der Waals surface area contributed by atoms with Crippen LogP contribution in [0.3, 0.4) is 0 Å². The molecule has 0 aliphatic carbocycles. The maximum absolute atomic E-state index is 5.64. The van der Waals surface area contributed by atoms with Gasteiger partial charge in [-0.1, -0.05) is 30.3 Å². The average Bonchev–Trinajstić information content (AvgIpc) is 2.90. The van der Waals surface area contributed by atoms with Crippen molar-refractivity contribution in [2.75, 3.05) is 26.2 Å². The summed E-state index contributed by atoms with van der Waals surface area (Å²) in [4.78, 5) is 5.19. The first-order valence-electron chi connectivity index (χ1n) is 6.59. The molecule has 2 bridgehead atoms. The molecule has 1 aromatic rings. The van der Waals surface area contributed by atoms with Gasteiger partial charge in [-0.15, -0.1) is 0 Å². The van der Waals surface area contributed by atoms with E-state index in [-0.39, 0.29) is 0 Å². The fourth-order valence-electron chi connectivity index (χ4n) is 3.28. The van der Waals surface area contributed by atoms with Crippen molar-refractivity contribution in [3.63, 3.8) is 0 Å². The van der Waals surface area contributed by atoms with Crippen molar-refractivity contribution in [1.82, 2.24) is 9.80 Å². The molecule has 2 heterocycles. The highest BCUT2D eigenvalue weighted by Gasteiger charge is 2.42. The first kappa shape index (κ1) is 11.2. The largest absolute Gasteiger partial charge is 0.329 e. The summed E-state index contributed by atoms with van der Waals surface area (Å²) >= 11 is 0. The van der Waals surface area contributed by atoms with Crippen LogP contribution >= 0.6 is 0 Å². The highest BCUT2D eigenvalue weighted by atomic mass is 15.3. The number of fused-ring (bicyclic) bond motifs is 2. The van der Waals surface area contributed by atoms with Gasteiger partial charge in [0.1, 0.15) is 0 Å². The van der Waals surface area contributed by atoms with Crippen molar-refractivity contribution >= 4 is 0 Å². The number of likely N-dealkylation sites (tertiary alicyclic amines) is 2. The second-order valence-corrected chi connectivity index (χ2v) is 5.24. The minimum Gasteiger partial charge on any atom is -0.329 e. The zero-order valence-corrected chi connectivity index (χ0v) is 10.3. The van der Waals surface area contributed by atoms with Crippen molar-refractivity contribution in [2.45, 2.75) is 25.0 Å². The fraction of sp³-hybridized carbons (Fsp3) is 0.571. The third-order valence-electron chi connectivity index (χ3n) is 4.11. The first-order chi connectivity index (χ1) is 8.36. The third-order valence-corrected chi connectivity index (χ3v) is 4.11. The molecule has 0 radical (unpaired) electrons. The summed E-state index contributed by atoms with van der Waals surface area (Å²) in [5, 5.41) is 0. The number of benzene rings is 1. The van der Waals surface area contributed by atoms with Crippen molar-refractivity contribution in [3.8, 4) is 0 Å². The Hall–Kier alpha value is -0.900. The van der Waals surface area contributed by atoms with Gasteiger partial charge in [0, 0.05) is 44.8 Å². The summed E-state index contributed by atoms with van der Waals surface area (Å²) in [5.74, 6) is 0. The maximum atomic E-state index is 5.64. The molecular formula is C14H21N3. The van der Waals surface area contributed by atoms with E-state index in [1.807, 2.05) is 0 Å². The molecule has 2 atom stereocenters. The van der Waals surface area contributed by atoms with E-state index in [9.17, 15) is 0 Å². The molecule has 2 aliphatic heterocycles. The number of nitrogens with zero attached hydrogens (tertiary/aromatic N) is 2. The lowest BCUT2D eigenvalue weighted by Crippen LogP contribution is -2.47. The quantitative estimate of drug-likeness (QED) is 0.836. The molecule has 2 N–H and O–H groups in total. The summed E-state index contributed by atoms with van der Waals surface area (Å²) in [5.41, 5.74) is 7.08. The monoisotopic (exact) mass is 231 g/mol. The number of rotatable bonds is 4. The molecule has 0 spiro atoms. The van der Waals surface area contributed by atoms with Crippen molar-refractivity contribution < 1.29 is 0 Å². The number of hydrogen-bond acceptors (Lipinski definition) is 3. The molecule has 1 aromatic carbocycles. The van der Waals surface area contributed by atoms with Gasteiger partial charge in [-0.2, -0.15) is 0 Å². The van der Waals surface area contributed by atoms with Gasteiger partial charge in [0.15, 0.2) is 0 Å². The molecule has 3 heteroatoms. The van der Waals surface area contributed by atoms with E-state index in [4.69, 9.17) is 5.73 Å². The van der Waals surface area contributed by atoms with Crippen molar-refractivity contribution in [1.29, 1.82) is 0 Å². The normalized spacial score (nSPS) is 29.0. The topological polar surface area (TPSA) is 32.5 Å². The molecule has 2 fully saturated rings. The van der Waals surface area contributed by atoms with E-state index >= 15 is 0 Å². The highest BCUT2D eigenvalue weighted by Crippen LogP contribution is 2.31. The molecule has 2 aliphatic rings. The Kier molecular flexibility index (Phi) is 3.14. The summed E-state index contributed by atoms with van der Waals surface area (Å²) in [6.45, 7) is 5.41. The number of nitrogens with two attached hydrogens (primary N) is 1. The van der Waals surface area contributed by atoms with Crippen LogP contribution in [0.15, 0.2) is 30.3 Å². The van der Waals surface area contributed by atoms with Gasteiger partial charge in [-0.05, 0) is 12.0 Å². The Bertz CT molecular complexity index is 365. The Morgan fingerprint density at radius 2 is 1.76 bits per heavy atom. The molecule has 0 amide bonds. The molecule has 2 saturated heterocycles. The number of piperazine rings is 1. The second kappa shape index (κ2) is 4.77. The van der Waals surface area contributed by atoms with Crippen LogP contribution in [-0.2, 0) is 6.54 Å². The Labute approximate surface area is 103 Å². The van der Waals surface area contributed by atoms with Crippen LogP contribution in [0.5, 0.6) is 0 Å². The van der Waals surface area contributed by atoms with Gasteiger partial charge in [0.25, 0.3) is 0 Å². The van der Waals surface area contributed by atoms with E-state index < -0.39 is 0 Å². The Morgan fingerprint density at radius 1 is 1.06 bits per heavy atom. The predicted octanol–water partition coefficient (Wildman–Crippen LogP) is 0.904. The minimum absolute atomic E-state index is 0.756. The summed E-state index contributed by atoms with van der Waals surface area (Å²) in [6, 6.07) is 12.3. The summed E-state index contributed by atoms with van der Waals surface area (Å²) in [7, 11) is 0. The zero-order chi connectivity index (χ0) is 11.7. The standard InChI is InChI=1S/C14H21N3/c15-6-7-16-10-14-8-13(16)11-17(14)9-12-4-2-1-3-5-12/h1-5,13-14H,6-11,15H2. The summed E-state index contributed by atoms with van der Waals surface area (Å²) < 4.78 is 0. The molecule has 3 rings (SSSR count). The van der Waals surface area contributed by atoms with Crippen LogP contribution in [-0.4, -0.2) is 48.1 Å². The van der Waals surface area contributed by atoms with Crippen molar-refractivity contribution in [3.05, 3.63) is 35.9 Å². The highest BCUT2D eigenvalue weighted by molar-refractivity contribution is 5.15. The molecule has 3 nitrogen and oxygen atoms in total. The lowest BCUT2D eigenvalue weighted by molar-refractivity contribution is 0.125. The van der Waals surface area contributed by atoms with Gasteiger partial charge in [0.2, 0.25) is 0 Å². The van der Waals surface area contributed by atoms with E-state index in [0.717, 1.165) is 31.7 Å². The van der Waals surface area contributed by atoms with Gasteiger partial charge in [-0.3, -0.25) is 9.80 Å². The molecular weight excluding hydrogens is 210 g/mol. The SMILES string of the molecule is NCCN1CC2CC1CN2Cc1ccccc1. The Morgan fingerprint density at radius 3 is 2.41 bits per heavy atom. The first-order valence-corrected chi connectivity index (χ1v) is 6.59. The lowest BCUT2D eigenvalue weighted by Gasteiger charge is -2.33. The maximum Gasteiger partial charge on any atom is 0.0242 e. The molecule has 0 aromatic heterocycles. The lowest BCUT2D eigenvalue weighted by atomic mass is 10.2. The predicted molar refractivity (Wildman–Crippen MR) is 69.7 cm³/mol. The number of hydrogen-bond donors (Lipinski definition) is 1. The van der Waals surface area contributed by atoms with Crippen LogP contribution in [0, 0.1) is 0 Å². The smallest absolute Gasteiger partial charge is 0.0242 e. The van der Waals surface area contributed by atoms with Gasteiger partial charge in [-0.25, -0.2) is 0 Å². The summed E-state index contributed by atoms with van der Waals surface area (Å²) in [6.07, 6.45) is 1.34. The average molecular weight is 231 g/mol. The molecule has 92 valence electrons. The molecule has 17 heavy (non-hydrogen) atoms. The second-order valence-electron chi connectivity index (χ2n) is 5.24. The van der Waals surface area contributed by atoms with Crippen molar-refractivity contribution in [2.24, 2.45) is 5.73 Å². The van der Waals surface area contributed by atoms with Gasteiger partial charge < -0.3 is 5.73 Å². The van der Waals surface area contributed by atoms with E-state index in [1.54, 1.807) is 0 Å². The Balaban J connectivity index is 1.59. The van der Waals surface area contributed by atoms with Gasteiger partial charge >= 0.3 is 0 Å². The van der Waals surface area contributed by atoms with Crippen LogP contribution in [0.1, 0.15) is 12.0 Å². The van der Waals surface area contributed by atoms with Gasteiger partial charge in [0.05, 0.1) is 0 Å². The van der Waals surface area contributed by atoms with Crippen LogP contribution in [0.25, 0.3) is 0 Å². The zero-order valence-electron chi connectivity index (χ0n) is 10.3. The van der Waals surface area contributed by atoms with Crippen LogP contribution < -0.4 is 5.73 Å². The van der Waals surface area contributed by atoms with E-state index in [0.29, 0.717) is 0 Å². The van der Waals surface area contributed by atoms with E-state index in [1.165, 1.54) is 25.1 Å². The fourth-order valence-corrected chi connectivity index (χ4v) is 3.28. The van der Waals surface area contributed by atoms with Crippen LogP contribution in [0.2, 0.25) is 0 Å². The molecule has 0 saturated carbocycles. The van der Waals surface area contributed by atoms with E-state index in [2.05, 4.69) is 40.1 Å². The third kappa shape index (κ3) is 2.23. The molecule has 2 unspecified atom stereocenters. The minimum atomic E-state index is 0.756.